The van der Waals surface area contributed by atoms with Gasteiger partial charge in [-0.2, -0.15) is 25.3 Å². The first-order valence-electron chi connectivity index (χ1n) is 35.7. The molecule has 0 saturated carbocycles. The van der Waals surface area contributed by atoms with E-state index in [0.717, 1.165) is 0 Å². The summed E-state index contributed by atoms with van der Waals surface area (Å²) in [5.41, 5.74) is 22.6. The van der Waals surface area contributed by atoms with Gasteiger partial charge in [-0.25, -0.2) is 4.79 Å². The molecule has 1 fully saturated rings. The zero-order valence-corrected chi connectivity index (χ0v) is 64.6. The van der Waals surface area contributed by atoms with Gasteiger partial charge < -0.3 is 112 Å². The van der Waals surface area contributed by atoms with Gasteiger partial charge in [0.2, 0.25) is 88.6 Å². The molecule has 610 valence electrons. The van der Waals surface area contributed by atoms with Crippen molar-refractivity contribution in [3.8, 4) is 0 Å². The van der Waals surface area contributed by atoms with Gasteiger partial charge in [0.05, 0.1) is 32.2 Å². The highest BCUT2D eigenvalue weighted by Gasteiger charge is 2.41. The standard InChI is InChI=1S/C68H111N19O20S2/c1-33(2)23-42(58(97)78-40(17-13-21-73-68(71)72)56(95)74-29-52(91)77-48(32-109)67(106)107)80-57(96)41(19-20-50(70)89)79-60(99)45(26-38-15-11-10-12-16-38)84-64(103)49-18-14-22-87(49)66(105)37(9)76-51(90)28-75-65(104)54(36(7)8)86-62(101)44(25-35(5)6)82-59(98)43(24-34(3)4)81-61(100)46(27-53(92)93)83-63(102)47(30-88)85-55(94)39(69)31-108/h10-12,15-16,33-37,39-49,54,88,108-109H,13-14,17-32,69H2,1-9H3,(H2,70,89)(H,74,95)(H,75,104)(H,76,90)(H,77,91)(H,78,97)(H,79,99)(H,80,96)(H,81,100)(H,82,98)(H,83,102)(H,84,103)(H,85,94)(H,86,101)(H,92,93)(H,106,107)(H4,71,72,73)/t37-,39-,40-,41-,42-,43-,44-,45-,46-,47-,48-,49-,54-/m0/s1. The number of aliphatic hydroxyl groups excluding tert-OH is 1. The van der Waals surface area contributed by atoms with Crippen LogP contribution in [0.1, 0.15) is 132 Å². The van der Waals surface area contributed by atoms with Crippen molar-refractivity contribution in [2.45, 2.75) is 211 Å². The normalized spacial score (nSPS) is 15.9. The van der Waals surface area contributed by atoms with E-state index in [9.17, 15) is 96.8 Å². The van der Waals surface area contributed by atoms with Crippen LogP contribution in [0.15, 0.2) is 35.3 Å². The molecule has 1 aliphatic heterocycles. The van der Waals surface area contributed by atoms with Gasteiger partial charge in [0, 0.05) is 37.4 Å². The van der Waals surface area contributed by atoms with Gasteiger partial charge >= 0.3 is 11.9 Å². The van der Waals surface area contributed by atoms with Gasteiger partial charge in [-0.15, -0.1) is 0 Å². The number of benzene rings is 1. The molecule has 1 aliphatic rings. The molecule has 1 heterocycles. The Bertz CT molecular complexity index is 3350. The van der Waals surface area contributed by atoms with Crippen LogP contribution >= 0.6 is 25.3 Å². The van der Waals surface area contributed by atoms with Crippen LogP contribution in [0.25, 0.3) is 0 Å². The van der Waals surface area contributed by atoms with Crippen molar-refractivity contribution in [1.29, 1.82) is 0 Å². The summed E-state index contributed by atoms with van der Waals surface area (Å²) in [6.07, 6.45) is -1.78. The summed E-state index contributed by atoms with van der Waals surface area (Å²) in [4.78, 5) is 233. The number of carbonyl (C=O) groups excluding carboxylic acids is 15. The zero-order valence-electron chi connectivity index (χ0n) is 62.8. The van der Waals surface area contributed by atoms with E-state index >= 15 is 0 Å². The van der Waals surface area contributed by atoms with Crippen LogP contribution in [0.2, 0.25) is 0 Å². The molecule has 0 bridgehead atoms. The van der Waals surface area contributed by atoms with E-state index in [-0.39, 0.29) is 93.3 Å². The Kier molecular flexibility index (Phi) is 42.3. The Labute approximate surface area is 643 Å². The maximum atomic E-state index is 14.6. The number of nitrogens with zero attached hydrogens (tertiary/aromatic N) is 2. The highest BCUT2D eigenvalue weighted by Crippen LogP contribution is 2.20. The van der Waals surface area contributed by atoms with E-state index in [0.29, 0.717) is 12.0 Å². The number of nitrogens with two attached hydrogens (primary N) is 4. The van der Waals surface area contributed by atoms with Gasteiger partial charge in [-0.05, 0) is 87.5 Å². The average molecular weight is 1580 g/mol. The van der Waals surface area contributed by atoms with Crippen LogP contribution in [-0.2, 0) is 87.9 Å². The molecule has 0 spiro atoms. The monoisotopic (exact) mass is 1580 g/mol. The topological polar surface area (TPSA) is 627 Å². The number of amides is 15. The number of primary amides is 1. The number of aliphatic imine (C=N–C) groups is 1. The Hall–Kier alpha value is -9.90. The highest BCUT2D eigenvalue weighted by atomic mass is 32.1. The minimum atomic E-state index is -1.84. The average Bonchev–Trinajstić information content (AvgIpc) is 1.74. The first-order chi connectivity index (χ1) is 51.1. The fraction of sp³-hybridized carbons (Fsp3) is 0.647. The van der Waals surface area contributed by atoms with Crippen molar-refractivity contribution in [3.05, 3.63) is 35.9 Å². The largest absolute Gasteiger partial charge is 0.481 e. The Morgan fingerprint density at radius 2 is 0.982 bits per heavy atom. The molecule has 1 saturated heterocycles. The number of aliphatic hydroxyl groups is 1. The second kappa shape index (κ2) is 48.5. The molecule has 109 heavy (non-hydrogen) atoms. The SMILES string of the molecule is CC(C)C[C@H](NC(=O)[C@H](CCC(N)=O)NC(=O)[C@H](Cc1ccccc1)NC(=O)[C@@H]1CCCN1C(=O)[C@H](C)NC(=O)CNC(=O)[C@@H](NC(=O)[C@H](CC(C)C)NC(=O)[C@H](CC(C)C)NC(=O)[C@H](CC(=O)O)NC(=O)[C@H](CO)NC(=O)[C@@H](N)CS)C(C)C)C(=O)N[C@@H](CCCN=C(N)N)C(=O)NCC(=O)N[C@@H](CS)C(=O)O. The molecule has 2 rings (SSSR count). The lowest BCUT2D eigenvalue weighted by Gasteiger charge is -2.30. The number of carbonyl (C=O) groups is 17. The lowest BCUT2D eigenvalue weighted by molar-refractivity contribution is -0.142. The van der Waals surface area contributed by atoms with Gasteiger partial charge in [-0.1, -0.05) is 85.7 Å². The van der Waals surface area contributed by atoms with E-state index < -0.39 is 224 Å². The minimum Gasteiger partial charge on any atom is -0.481 e. The summed E-state index contributed by atoms with van der Waals surface area (Å²) in [7, 11) is 0. The minimum absolute atomic E-state index is 0.00910. The molecule has 0 aromatic heterocycles. The molecule has 0 radical (unpaired) electrons. The fourth-order valence-corrected chi connectivity index (χ4v) is 11.4. The number of hydrogen-bond acceptors (Lipinski definition) is 22. The third kappa shape index (κ3) is 35.3. The molecule has 24 N–H and O–H groups in total. The van der Waals surface area contributed by atoms with Gasteiger partial charge in [0.25, 0.3) is 0 Å². The van der Waals surface area contributed by atoms with Gasteiger partial charge in [-0.3, -0.25) is 81.7 Å². The van der Waals surface area contributed by atoms with E-state index in [1.165, 1.54) is 11.8 Å². The van der Waals surface area contributed by atoms with Crippen LogP contribution in [0.3, 0.4) is 0 Å². The van der Waals surface area contributed by atoms with E-state index in [4.69, 9.17) is 22.9 Å². The predicted octanol–water partition coefficient (Wildman–Crippen LogP) is -6.34. The summed E-state index contributed by atoms with van der Waals surface area (Å²) >= 11 is 7.83. The molecular weight excluding hydrogens is 1470 g/mol. The molecule has 13 atom stereocenters. The maximum absolute atomic E-state index is 14.6. The van der Waals surface area contributed by atoms with Crippen molar-refractivity contribution in [2.75, 3.05) is 44.3 Å². The lowest BCUT2D eigenvalue weighted by Crippen LogP contribution is -2.61. The van der Waals surface area contributed by atoms with Crippen molar-refractivity contribution in [1.82, 2.24) is 74.0 Å². The molecule has 41 heteroatoms. The van der Waals surface area contributed by atoms with Crippen LogP contribution in [-0.4, -0.2) is 250 Å². The van der Waals surface area contributed by atoms with Crippen molar-refractivity contribution in [3.63, 3.8) is 0 Å². The third-order valence-corrected chi connectivity index (χ3v) is 17.4. The van der Waals surface area contributed by atoms with Crippen molar-refractivity contribution >= 4 is 132 Å². The quantitative estimate of drug-likeness (QED) is 0.0125. The predicted molar refractivity (Wildman–Crippen MR) is 402 cm³/mol. The van der Waals surface area contributed by atoms with Gasteiger partial charge in [0.15, 0.2) is 5.96 Å². The molecule has 1 aromatic carbocycles. The number of hydrogen-bond donors (Lipinski definition) is 22. The summed E-state index contributed by atoms with van der Waals surface area (Å²) < 4.78 is 0. The molecule has 0 unspecified atom stereocenters. The number of nitrogens with one attached hydrogen (secondary N) is 13. The Balaban J connectivity index is 2.33. The Morgan fingerprint density at radius 3 is 1.46 bits per heavy atom. The van der Waals surface area contributed by atoms with E-state index in [1.54, 1.807) is 85.7 Å². The summed E-state index contributed by atoms with van der Waals surface area (Å²) in [6.45, 7) is 12.5. The number of thiol groups is 2. The zero-order chi connectivity index (χ0) is 82.5. The fourth-order valence-electron chi connectivity index (χ4n) is 11.0. The summed E-state index contributed by atoms with van der Waals surface area (Å²) in [5.74, 6) is -18.7. The van der Waals surface area contributed by atoms with Crippen molar-refractivity contribution in [2.24, 2.45) is 51.6 Å². The highest BCUT2D eigenvalue weighted by molar-refractivity contribution is 7.80. The number of carboxylic acid groups (broad SMARTS) is 2. The number of guanidine groups is 1. The first-order valence-corrected chi connectivity index (χ1v) is 37.0. The second-order valence-corrected chi connectivity index (χ2v) is 28.6. The van der Waals surface area contributed by atoms with Crippen LogP contribution in [0.5, 0.6) is 0 Å². The molecular formula is C68H111N19O20S2. The smallest absolute Gasteiger partial charge is 0.327 e. The molecule has 0 aliphatic carbocycles. The Morgan fingerprint density at radius 1 is 0.523 bits per heavy atom. The third-order valence-electron chi connectivity index (χ3n) is 16.7. The van der Waals surface area contributed by atoms with Crippen LogP contribution < -0.4 is 92.1 Å². The van der Waals surface area contributed by atoms with Gasteiger partial charge in [0.1, 0.15) is 72.5 Å². The van der Waals surface area contributed by atoms with Crippen molar-refractivity contribution < 1.29 is 96.8 Å². The molecule has 15 amide bonds. The first kappa shape index (κ1) is 95.2. The lowest BCUT2D eigenvalue weighted by atomic mass is 9.98. The molecule has 39 nitrogen and oxygen atoms in total. The van der Waals surface area contributed by atoms with E-state index in [1.807, 2.05) is 0 Å². The summed E-state index contributed by atoms with van der Waals surface area (Å²) in [6, 6.07) is -10.2. The molecule has 1 aromatic rings. The summed E-state index contributed by atoms with van der Waals surface area (Å²) in [5, 5.41) is 60.8. The van der Waals surface area contributed by atoms with Crippen LogP contribution in [0, 0.1) is 23.7 Å². The number of rotatable bonds is 49. The number of carboxylic acids is 2. The second-order valence-electron chi connectivity index (χ2n) is 27.9. The maximum Gasteiger partial charge on any atom is 0.327 e. The number of aliphatic carboxylic acids is 2. The number of likely N-dealkylation sites (tertiary alicyclic amines) is 1. The van der Waals surface area contributed by atoms with E-state index in [2.05, 4.69) is 99.4 Å². The van der Waals surface area contributed by atoms with Crippen LogP contribution in [0.4, 0.5) is 0 Å².